The Hall–Kier alpha value is -0.830. The number of nitrogens with one attached hydrogen (secondary N) is 1. The van der Waals surface area contributed by atoms with Gasteiger partial charge in [-0.15, -0.1) is 12.4 Å². The predicted molar refractivity (Wildman–Crippen MR) is 93.5 cm³/mol. The van der Waals surface area contributed by atoms with E-state index in [1.807, 2.05) is 6.92 Å². The normalized spacial score (nSPS) is 17.3. The second-order valence-corrected chi connectivity index (χ2v) is 8.04. The van der Waals surface area contributed by atoms with E-state index in [1.54, 1.807) is 0 Å². The fourth-order valence-corrected chi connectivity index (χ4v) is 4.62. The summed E-state index contributed by atoms with van der Waals surface area (Å²) in [6.07, 6.45) is -3.13. The molecule has 1 fully saturated rings. The zero-order valence-electron chi connectivity index (χ0n) is 14.3. The number of sulfonamides is 1. The highest BCUT2D eigenvalue weighted by Gasteiger charge is 2.35. The van der Waals surface area contributed by atoms with Crippen LogP contribution in [0.15, 0.2) is 23.1 Å². The second kappa shape index (κ2) is 8.70. The minimum atomic E-state index is -4.56. The van der Waals surface area contributed by atoms with Crippen LogP contribution in [0.4, 0.5) is 13.2 Å². The van der Waals surface area contributed by atoms with Gasteiger partial charge in [0.05, 0.1) is 10.5 Å². The van der Waals surface area contributed by atoms with Crippen LogP contribution in [0.2, 0.25) is 0 Å². The maximum atomic E-state index is 12.9. The average molecular weight is 401 g/mol. The van der Waals surface area contributed by atoms with Gasteiger partial charge in [0.2, 0.25) is 10.0 Å². The fourth-order valence-electron chi connectivity index (χ4n) is 2.90. The summed E-state index contributed by atoms with van der Waals surface area (Å²) in [7, 11) is -3.91. The molecule has 25 heavy (non-hydrogen) atoms. The standard InChI is InChI=1S/C16H23F3N2O2S.ClH/c1-3-20-11-13-6-8-21(9-7-13)24(22,23)15-10-14(16(17,18)19)5-4-12(15)2;/h4-5,10,13,20H,3,6-9,11H2,1-2H3;1H. The average Bonchev–Trinajstić information content (AvgIpc) is 2.52. The van der Waals surface area contributed by atoms with Crippen molar-refractivity contribution in [2.45, 2.75) is 37.8 Å². The van der Waals surface area contributed by atoms with E-state index in [1.165, 1.54) is 17.3 Å². The largest absolute Gasteiger partial charge is 0.416 e. The molecular weight excluding hydrogens is 377 g/mol. The smallest absolute Gasteiger partial charge is 0.317 e. The molecule has 0 bridgehead atoms. The van der Waals surface area contributed by atoms with Crippen LogP contribution in [0, 0.1) is 12.8 Å². The third kappa shape index (κ3) is 5.32. The van der Waals surface area contributed by atoms with Gasteiger partial charge in [0.25, 0.3) is 0 Å². The molecule has 1 aliphatic rings. The third-order valence-electron chi connectivity index (χ3n) is 4.39. The van der Waals surface area contributed by atoms with E-state index < -0.39 is 21.8 Å². The molecule has 1 N–H and O–H groups in total. The van der Waals surface area contributed by atoms with E-state index in [4.69, 9.17) is 0 Å². The van der Waals surface area contributed by atoms with Gasteiger partial charge in [-0.2, -0.15) is 17.5 Å². The summed E-state index contributed by atoms with van der Waals surface area (Å²) in [6, 6.07) is 2.88. The Labute approximate surface area is 153 Å². The molecule has 0 unspecified atom stereocenters. The lowest BCUT2D eigenvalue weighted by Crippen LogP contribution is -2.41. The number of benzene rings is 1. The summed E-state index contributed by atoms with van der Waals surface area (Å²) >= 11 is 0. The Bertz CT molecular complexity index is 672. The molecule has 1 aromatic carbocycles. The maximum absolute atomic E-state index is 12.9. The summed E-state index contributed by atoms with van der Waals surface area (Å²) in [6.45, 7) is 5.91. The predicted octanol–water partition coefficient (Wildman–Crippen LogP) is 3.45. The molecule has 144 valence electrons. The lowest BCUT2D eigenvalue weighted by molar-refractivity contribution is -0.137. The zero-order valence-corrected chi connectivity index (χ0v) is 15.9. The molecular formula is C16H24ClF3N2O2S. The lowest BCUT2D eigenvalue weighted by atomic mass is 9.98. The van der Waals surface area contributed by atoms with Crippen LogP contribution in [0.25, 0.3) is 0 Å². The summed E-state index contributed by atoms with van der Waals surface area (Å²) in [5.41, 5.74) is -0.605. The molecule has 9 heteroatoms. The summed E-state index contributed by atoms with van der Waals surface area (Å²) in [4.78, 5) is -0.248. The van der Waals surface area contributed by atoms with Gasteiger partial charge in [-0.25, -0.2) is 8.42 Å². The number of piperidine rings is 1. The Kier molecular flexibility index (Phi) is 7.73. The van der Waals surface area contributed by atoms with Gasteiger partial charge in [-0.05, 0) is 56.5 Å². The number of aryl methyl sites for hydroxylation is 1. The van der Waals surface area contributed by atoms with Crippen LogP contribution < -0.4 is 5.32 Å². The molecule has 0 atom stereocenters. The molecule has 0 amide bonds. The molecule has 1 aliphatic heterocycles. The highest BCUT2D eigenvalue weighted by molar-refractivity contribution is 7.89. The Morgan fingerprint density at radius 3 is 2.36 bits per heavy atom. The van der Waals surface area contributed by atoms with Crippen molar-refractivity contribution in [1.29, 1.82) is 0 Å². The lowest BCUT2D eigenvalue weighted by Gasteiger charge is -2.31. The van der Waals surface area contributed by atoms with E-state index in [0.717, 1.165) is 25.2 Å². The van der Waals surface area contributed by atoms with E-state index in [9.17, 15) is 21.6 Å². The van der Waals surface area contributed by atoms with Crippen molar-refractivity contribution in [3.8, 4) is 0 Å². The van der Waals surface area contributed by atoms with E-state index >= 15 is 0 Å². The highest BCUT2D eigenvalue weighted by Crippen LogP contribution is 2.33. The van der Waals surface area contributed by atoms with Crippen molar-refractivity contribution in [3.63, 3.8) is 0 Å². The molecule has 0 aromatic heterocycles. The van der Waals surface area contributed by atoms with Gasteiger partial charge in [-0.3, -0.25) is 0 Å². The van der Waals surface area contributed by atoms with Gasteiger partial charge in [0.15, 0.2) is 0 Å². The van der Waals surface area contributed by atoms with Crippen molar-refractivity contribution in [2.24, 2.45) is 5.92 Å². The monoisotopic (exact) mass is 400 g/mol. The Morgan fingerprint density at radius 1 is 1.24 bits per heavy atom. The third-order valence-corrected chi connectivity index (χ3v) is 6.43. The molecule has 0 radical (unpaired) electrons. The van der Waals surface area contributed by atoms with Gasteiger partial charge < -0.3 is 5.32 Å². The highest BCUT2D eigenvalue weighted by atomic mass is 35.5. The second-order valence-electron chi connectivity index (χ2n) is 6.13. The van der Waals surface area contributed by atoms with Gasteiger partial charge >= 0.3 is 6.18 Å². The first-order valence-electron chi connectivity index (χ1n) is 8.05. The van der Waals surface area contributed by atoms with Crippen LogP contribution in [-0.4, -0.2) is 38.9 Å². The van der Waals surface area contributed by atoms with Crippen LogP contribution >= 0.6 is 12.4 Å². The number of hydrogen-bond donors (Lipinski definition) is 1. The van der Waals surface area contributed by atoms with E-state index in [-0.39, 0.29) is 17.3 Å². The number of halogens is 4. The van der Waals surface area contributed by atoms with Crippen molar-refractivity contribution in [3.05, 3.63) is 29.3 Å². The first kappa shape index (κ1) is 22.2. The number of rotatable bonds is 5. The van der Waals surface area contributed by atoms with E-state index in [2.05, 4.69) is 5.32 Å². The quantitative estimate of drug-likeness (QED) is 0.823. The summed E-state index contributed by atoms with van der Waals surface area (Å²) in [5, 5.41) is 3.24. The SMILES string of the molecule is CCNCC1CCN(S(=O)(=O)c2cc(C(F)(F)F)ccc2C)CC1.Cl. The molecule has 4 nitrogen and oxygen atoms in total. The molecule has 0 spiro atoms. The summed E-state index contributed by atoms with van der Waals surface area (Å²) in [5.74, 6) is 0.402. The Balaban J connectivity index is 0.00000312. The minimum Gasteiger partial charge on any atom is -0.317 e. The zero-order chi connectivity index (χ0) is 18.0. The summed E-state index contributed by atoms with van der Waals surface area (Å²) < 4.78 is 65.5. The van der Waals surface area contributed by atoms with Crippen molar-refractivity contribution in [1.82, 2.24) is 9.62 Å². The van der Waals surface area contributed by atoms with Crippen molar-refractivity contribution in [2.75, 3.05) is 26.2 Å². The molecule has 1 heterocycles. The number of hydrogen-bond acceptors (Lipinski definition) is 3. The van der Waals surface area contributed by atoms with Gasteiger partial charge in [0, 0.05) is 13.1 Å². The van der Waals surface area contributed by atoms with Gasteiger partial charge in [-0.1, -0.05) is 13.0 Å². The van der Waals surface area contributed by atoms with Crippen molar-refractivity contribution >= 4 is 22.4 Å². The minimum absolute atomic E-state index is 0. The molecule has 0 aliphatic carbocycles. The molecule has 1 saturated heterocycles. The molecule has 0 saturated carbocycles. The van der Waals surface area contributed by atoms with Crippen LogP contribution in [0.1, 0.15) is 30.9 Å². The van der Waals surface area contributed by atoms with Crippen LogP contribution in [-0.2, 0) is 16.2 Å². The fraction of sp³-hybridized carbons (Fsp3) is 0.625. The van der Waals surface area contributed by atoms with Crippen LogP contribution in [0.5, 0.6) is 0 Å². The number of alkyl halides is 3. The first-order chi connectivity index (χ1) is 11.2. The van der Waals surface area contributed by atoms with E-state index in [0.29, 0.717) is 37.4 Å². The van der Waals surface area contributed by atoms with Gasteiger partial charge in [0.1, 0.15) is 0 Å². The first-order valence-corrected chi connectivity index (χ1v) is 9.49. The maximum Gasteiger partial charge on any atom is 0.416 e. The molecule has 2 rings (SSSR count). The van der Waals surface area contributed by atoms with Crippen LogP contribution in [0.3, 0.4) is 0 Å². The van der Waals surface area contributed by atoms with Crippen molar-refractivity contribution < 1.29 is 21.6 Å². The topological polar surface area (TPSA) is 49.4 Å². The molecule has 1 aromatic rings. The number of nitrogens with zero attached hydrogens (tertiary/aromatic N) is 1. The Morgan fingerprint density at radius 2 is 1.84 bits per heavy atom.